The van der Waals surface area contributed by atoms with Crippen LogP contribution in [0.25, 0.3) is 0 Å². The maximum absolute atomic E-state index is 6.34. The van der Waals surface area contributed by atoms with Gasteiger partial charge in [0.05, 0.1) is 23.0 Å². The largest absolute Gasteiger partial charge is 0.311 e. The van der Waals surface area contributed by atoms with Crippen LogP contribution < -0.4 is 5.32 Å². The first-order chi connectivity index (χ1) is 9.76. The molecule has 1 aliphatic carbocycles. The van der Waals surface area contributed by atoms with Crippen molar-refractivity contribution in [1.82, 2.24) is 15.1 Å². The number of halogens is 1. The van der Waals surface area contributed by atoms with Gasteiger partial charge in [0.25, 0.3) is 0 Å². The molecule has 3 atom stereocenters. The van der Waals surface area contributed by atoms with Crippen LogP contribution in [0.15, 0.2) is 36.5 Å². The number of hydrogen-bond acceptors (Lipinski definition) is 2. The number of aromatic nitrogens is 2. The first-order valence-electron chi connectivity index (χ1n) is 7.19. The SMILES string of the molecule is CCn1ncc(Cl)c1C(NC)C1CC1c1ccccc1. The Morgan fingerprint density at radius 2 is 2.15 bits per heavy atom. The van der Waals surface area contributed by atoms with Gasteiger partial charge in [-0.2, -0.15) is 5.10 Å². The summed E-state index contributed by atoms with van der Waals surface area (Å²) < 4.78 is 2.00. The minimum atomic E-state index is 0.273. The van der Waals surface area contributed by atoms with Crippen molar-refractivity contribution in [3.05, 3.63) is 52.8 Å². The highest BCUT2D eigenvalue weighted by atomic mass is 35.5. The van der Waals surface area contributed by atoms with E-state index in [0.717, 1.165) is 17.3 Å². The van der Waals surface area contributed by atoms with Crippen molar-refractivity contribution in [2.75, 3.05) is 7.05 Å². The fourth-order valence-electron chi connectivity index (χ4n) is 3.15. The lowest BCUT2D eigenvalue weighted by atomic mass is 10.0. The minimum Gasteiger partial charge on any atom is -0.311 e. The Morgan fingerprint density at radius 3 is 2.80 bits per heavy atom. The molecule has 1 aliphatic rings. The molecule has 1 aromatic heterocycles. The van der Waals surface area contributed by atoms with Gasteiger partial charge >= 0.3 is 0 Å². The summed E-state index contributed by atoms with van der Waals surface area (Å²) in [5.41, 5.74) is 2.55. The summed E-state index contributed by atoms with van der Waals surface area (Å²) in [4.78, 5) is 0. The Labute approximate surface area is 124 Å². The van der Waals surface area contributed by atoms with E-state index in [-0.39, 0.29) is 6.04 Å². The van der Waals surface area contributed by atoms with Crippen molar-refractivity contribution in [1.29, 1.82) is 0 Å². The van der Waals surface area contributed by atoms with E-state index in [1.165, 1.54) is 12.0 Å². The van der Waals surface area contributed by atoms with E-state index in [9.17, 15) is 0 Å². The molecular weight excluding hydrogens is 270 g/mol. The van der Waals surface area contributed by atoms with Gasteiger partial charge in [-0.1, -0.05) is 41.9 Å². The molecule has 1 N–H and O–H groups in total. The van der Waals surface area contributed by atoms with Gasteiger partial charge in [0.1, 0.15) is 0 Å². The van der Waals surface area contributed by atoms with Crippen molar-refractivity contribution >= 4 is 11.6 Å². The third kappa shape index (κ3) is 2.36. The zero-order chi connectivity index (χ0) is 14.1. The van der Waals surface area contributed by atoms with Crippen molar-refractivity contribution in [3.63, 3.8) is 0 Å². The third-order valence-electron chi connectivity index (χ3n) is 4.23. The van der Waals surface area contributed by atoms with Crippen LogP contribution in [0.3, 0.4) is 0 Å². The molecule has 0 spiro atoms. The average molecular weight is 290 g/mol. The fourth-order valence-corrected chi connectivity index (χ4v) is 3.41. The van der Waals surface area contributed by atoms with E-state index in [1.807, 2.05) is 11.7 Å². The van der Waals surface area contributed by atoms with E-state index in [1.54, 1.807) is 6.20 Å². The van der Waals surface area contributed by atoms with E-state index in [0.29, 0.717) is 11.8 Å². The van der Waals surface area contributed by atoms with Crippen molar-refractivity contribution in [2.45, 2.75) is 31.8 Å². The third-order valence-corrected chi connectivity index (χ3v) is 4.53. The van der Waals surface area contributed by atoms with Crippen LogP contribution in [0.1, 0.15) is 36.6 Å². The summed E-state index contributed by atoms with van der Waals surface area (Å²) >= 11 is 6.34. The summed E-state index contributed by atoms with van der Waals surface area (Å²) in [6.45, 7) is 2.95. The second-order valence-electron chi connectivity index (χ2n) is 5.38. The molecule has 0 amide bonds. The molecule has 1 aromatic carbocycles. The molecule has 0 radical (unpaired) electrons. The van der Waals surface area contributed by atoms with Crippen molar-refractivity contribution in [3.8, 4) is 0 Å². The van der Waals surface area contributed by atoms with Crippen LogP contribution in [0.4, 0.5) is 0 Å². The number of rotatable bonds is 5. The molecule has 0 aliphatic heterocycles. The molecule has 1 fully saturated rings. The topological polar surface area (TPSA) is 29.9 Å². The van der Waals surface area contributed by atoms with Gasteiger partial charge < -0.3 is 5.32 Å². The molecule has 3 rings (SSSR count). The van der Waals surface area contributed by atoms with Crippen LogP contribution in [0.2, 0.25) is 5.02 Å². The molecular formula is C16H20ClN3. The van der Waals surface area contributed by atoms with Crippen LogP contribution >= 0.6 is 11.6 Å². The van der Waals surface area contributed by atoms with Crippen molar-refractivity contribution in [2.24, 2.45) is 5.92 Å². The summed E-state index contributed by atoms with van der Waals surface area (Å²) in [5, 5.41) is 8.56. The number of nitrogens with zero attached hydrogens (tertiary/aromatic N) is 2. The van der Waals surface area contributed by atoms with E-state index < -0.39 is 0 Å². The van der Waals surface area contributed by atoms with Gasteiger partial charge in [-0.3, -0.25) is 4.68 Å². The molecule has 106 valence electrons. The smallest absolute Gasteiger partial charge is 0.0834 e. The molecule has 1 saturated carbocycles. The molecule has 3 unspecified atom stereocenters. The van der Waals surface area contributed by atoms with Crippen LogP contribution in [0, 0.1) is 5.92 Å². The number of hydrogen-bond donors (Lipinski definition) is 1. The number of benzene rings is 1. The Hall–Kier alpha value is -1.32. The van der Waals surface area contributed by atoms with E-state index in [2.05, 4.69) is 47.7 Å². The summed E-state index contributed by atoms with van der Waals surface area (Å²) in [7, 11) is 2.01. The van der Waals surface area contributed by atoms with Crippen LogP contribution in [0.5, 0.6) is 0 Å². The lowest BCUT2D eigenvalue weighted by molar-refractivity contribution is 0.465. The number of nitrogens with one attached hydrogen (secondary N) is 1. The van der Waals surface area contributed by atoms with Gasteiger partial charge in [0.15, 0.2) is 0 Å². The first kappa shape index (κ1) is 13.7. The van der Waals surface area contributed by atoms with Crippen molar-refractivity contribution < 1.29 is 0 Å². The quantitative estimate of drug-likeness (QED) is 0.911. The molecule has 0 bridgehead atoms. The standard InChI is InChI=1S/C16H20ClN3/c1-3-20-16(14(17)10-19-20)15(18-2)13-9-12(13)11-7-5-4-6-8-11/h4-8,10,12-13,15,18H,3,9H2,1-2H3. The maximum Gasteiger partial charge on any atom is 0.0834 e. The van der Waals surface area contributed by atoms with Gasteiger partial charge in [0.2, 0.25) is 0 Å². The number of aryl methyl sites for hydroxylation is 1. The lowest BCUT2D eigenvalue weighted by Crippen LogP contribution is -2.23. The average Bonchev–Trinajstić information content (AvgIpc) is 3.19. The Kier molecular flexibility index (Phi) is 3.81. The predicted molar refractivity (Wildman–Crippen MR) is 82.0 cm³/mol. The normalized spacial score (nSPS) is 22.8. The molecule has 1 heterocycles. The van der Waals surface area contributed by atoms with Gasteiger partial charge in [-0.15, -0.1) is 0 Å². The van der Waals surface area contributed by atoms with E-state index >= 15 is 0 Å². The van der Waals surface area contributed by atoms with E-state index in [4.69, 9.17) is 11.6 Å². The Morgan fingerprint density at radius 1 is 1.40 bits per heavy atom. The van der Waals surface area contributed by atoms with Gasteiger partial charge in [0, 0.05) is 6.54 Å². The summed E-state index contributed by atoms with van der Waals surface area (Å²) in [6, 6.07) is 11.0. The maximum atomic E-state index is 6.34. The molecule has 2 aromatic rings. The van der Waals surface area contributed by atoms with Gasteiger partial charge in [-0.05, 0) is 37.8 Å². The minimum absolute atomic E-state index is 0.273. The lowest BCUT2D eigenvalue weighted by Gasteiger charge is -2.18. The molecule has 3 nitrogen and oxygen atoms in total. The highest BCUT2D eigenvalue weighted by molar-refractivity contribution is 6.31. The summed E-state index contributed by atoms with van der Waals surface area (Å²) in [5.74, 6) is 1.23. The summed E-state index contributed by atoms with van der Waals surface area (Å²) in [6.07, 6.45) is 2.96. The zero-order valence-corrected chi connectivity index (χ0v) is 12.6. The molecule has 20 heavy (non-hydrogen) atoms. The highest BCUT2D eigenvalue weighted by Gasteiger charge is 2.45. The second kappa shape index (κ2) is 5.58. The zero-order valence-electron chi connectivity index (χ0n) is 11.9. The monoisotopic (exact) mass is 289 g/mol. The Balaban J connectivity index is 1.84. The highest BCUT2D eigenvalue weighted by Crippen LogP contribution is 2.54. The first-order valence-corrected chi connectivity index (χ1v) is 7.57. The Bertz CT molecular complexity index is 579. The fraction of sp³-hybridized carbons (Fsp3) is 0.438. The molecule has 0 saturated heterocycles. The second-order valence-corrected chi connectivity index (χ2v) is 5.78. The van der Waals surface area contributed by atoms with Crippen LogP contribution in [-0.2, 0) is 6.54 Å². The molecule has 4 heteroatoms. The van der Waals surface area contributed by atoms with Gasteiger partial charge in [-0.25, -0.2) is 0 Å². The predicted octanol–water partition coefficient (Wildman–Crippen LogP) is 3.62. The van der Waals surface area contributed by atoms with Crippen LogP contribution in [-0.4, -0.2) is 16.8 Å².